The van der Waals surface area contributed by atoms with E-state index in [4.69, 9.17) is 16.0 Å². The molecule has 2 heterocycles. The first kappa shape index (κ1) is 23.9. The SMILES string of the molecule is [C-]#[N+]c1ccc(-c2c(N3c4ccccc4Oc4ccccc43)cccc2N2c3ccccc3Oc3ccccc32)cc1. The molecule has 0 saturated heterocycles. The van der Waals surface area contributed by atoms with Gasteiger partial charge in [0.2, 0.25) is 0 Å². The molecule has 2 aliphatic rings. The zero-order valence-corrected chi connectivity index (χ0v) is 22.4. The van der Waals surface area contributed by atoms with Crippen LogP contribution < -0.4 is 19.3 Å². The Kier molecular flexibility index (Phi) is 5.44. The van der Waals surface area contributed by atoms with Crippen molar-refractivity contribution in [3.63, 3.8) is 0 Å². The van der Waals surface area contributed by atoms with Crippen molar-refractivity contribution >= 4 is 39.8 Å². The van der Waals surface area contributed by atoms with E-state index in [1.165, 1.54) is 0 Å². The molecule has 0 amide bonds. The first-order valence-corrected chi connectivity index (χ1v) is 13.7. The van der Waals surface area contributed by atoms with E-state index in [2.05, 4.69) is 57.1 Å². The fraction of sp³-hybridized carbons (Fsp3) is 0. The second-order valence-corrected chi connectivity index (χ2v) is 10.1. The highest BCUT2D eigenvalue weighted by Crippen LogP contribution is 2.57. The topological polar surface area (TPSA) is 29.3 Å². The highest BCUT2D eigenvalue weighted by atomic mass is 16.5. The van der Waals surface area contributed by atoms with Crippen molar-refractivity contribution in [2.24, 2.45) is 0 Å². The molecule has 0 aromatic heterocycles. The van der Waals surface area contributed by atoms with Crippen LogP contribution >= 0.6 is 0 Å². The number of rotatable bonds is 3. The molecule has 0 aliphatic carbocycles. The maximum Gasteiger partial charge on any atom is 0.187 e. The van der Waals surface area contributed by atoms with E-state index in [-0.39, 0.29) is 0 Å². The molecule has 6 aromatic carbocycles. The lowest BCUT2D eigenvalue weighted by Crippen LogP contribution is -2.19. The van der Waals surface area contributed by atoms with Gasteiger partial charge in [-0.3, -0.25) is 0 Å². The zero-order valence-electron chi connectivity index (χ0n) is 22.4. The van der Waals surface area contributed by atoms with E-state index >= 15 is 0 Å². The Bertz CT molecular complexity index is 1820. The van der Waals surface area contributed by atoms with Crippen molar-refractivity contribution in [1.29, 1.82) is 0 Å². The van der Waals surface area contributed by atoms with Gasteiger partial charge in [0.15, 0.2) is 28.7 Å². The van der Waals surface area contributed by atoms with Crippen LogP contribution in [-0.2, 0) is 0 Å². The van der Waals surface area contributed by atoms with Gasteiger partial charge in [-0.05, 0) is 66.2 Å². The van der Waals surface area contributed by atoms with Gasteiger partial charge in [0.1, 0.15) is 0 Å². The lowest BCUT2D eigenvalue weighted by molar-refractivity contribution is 0.477. The van der Waals surface area contributed by atoms with E-state index in [1.807, 2.05) is 97.1 Å². The number of nitrogens with zero attached hydrogens (tertiary/aromatic N) is 3. The molecule has 6 aromatic rings. The van der Waals surface area contributed by atoms with E-state index in [0.29, 0.717) is 5.69 Å². The Labute approximate surface area is 243 Å². The second kappa shape index (κ2) is 9.58. The molecule has 8 rings (SSSR count). The molecule has 5 heteroatoms. The summed E-state index contributed by atoms with van der Waals surface area (Å²) in [6.45, 7) is 7.53. The molecule has 5 nitrogen and oxygen atoms in total. The molecule has 0 N–H and O–H groups in total. The van der Waals surface area contributed by atoms with Crippen molar-refractivity contribution < 1.29 is 9.47 Å². The fourth-order valence-corrected chi connectivity index (χ4v) is 5.83. The lowest BCUT2D eigenvalue weighted by Gasteiger charge is -2.37. The number of anilines is 6. The van der Waals surface area contributed by atoms with Crippen molar-refractivity contribution in [3.05, 3.63) is 151 Å². The summed E-state index contributed by atoms with van der Waals surface area (Å²) in [5.41, 5.74) is 8.42. The molecule has 0 spiro atoms. The first-order valence-electron chi connectivity index (χ1n) is 13.7. The van der Waals surface area contributed by atoms with E-state index in [9.17, 15) is 0 Å². The highest BCUT2D eigenvalue weighted by Gasteiger charge is 2.32. The normalized spacial score (nSPS) is 12.5. The summed E-state index contributed by atoms with van der Waals surface area (Å²) >= 11 is 0. The smallest absolute Gasteiger partial charge is 0.187 e. The lowest BCUT2D eigenvalue weighted by atomic mass is 9.97. The summed E-state index contributed by atoms with van der Waals surface area (Å²) in [5, 5.41) is 0. The molecular formula is C37H23N3O2. The Morgan fingerprint density at radius 3 is 1.14 bits per heavy atom. The Morgan fingerprint density at radius 2 is 0.762 bits per heavy atom. The Balaban J connectivity index is 1.45. The fourth-order valence-electron chi connectivity index (χ4n) is 5.83. The number of para-hydroxylation sites is 8. The number of benzene rings is 6. The van der Waals surface area contributed by atoms with Crippen molar-refractivity contribution in [2.75, 3.05) is 9.80 Å². The number of hydrogen-bond acceptors (Lipinski definition) is 4. The van der Waals surface area contributed by atoms with Crippen LogP contribution in [0.3, 0.4) is 0 Å². The number of ether oxygens (including phenoxy) is 2. The van der Waals surface area contributed by atoms with Gasteiger partial charge in [-0.15, -0.1) is 0 Å². The van der Waals surface area contributed by atoms with Crippen LogP contribution in [0.1, 0.15) is 0 Å². The Hall–Kier alpha value is -5.99. The minimum Gasteiger partial charge on any atom is -0.453 e. The van der Waals surface area contributed by atoms with E-state index in [0.717, 1.165) is 68.2 Å². The standard InChI is InChI=1S/C37H23N3O2/c1-38-26-23-21-25(22-24-26)37-31(39-27-11-2-6-17-33(27)41-34-18-7-3-12-28(34)39)15-10-16-32(37)40-29-13-4-8-19-35(29)42-36-20-9-5-14-30(36)40/h2-24H. The minimum absolute atomic E-state index is 0.599. The zero-order chi connectivity index (χ0) is 28.0. The van der Waals surface area contributed by atoms with Gasteiger partial charge < -0.3 is 19.3 Å². The molecule has 0 fully saturated rings. The number of fused-ring (bicyclic) bond motifs is 4. The van der Waals surface area contributed by atoms with Gasteiger partial charge in [0.25, 0.3) is 0 Å². The molecule has 42 heavy (non-hydrogen) atoms. The molecule has 198 valence electrons. The van der Waals surface area contributed by atoms with Gasteiger partial charge in [0.05, 0.1) is 40.7 Å². The molecule has 0 radical (unpaired) electrons. The Morgan fingerprint density at radius 1 is 0.405 bits per heavy atom. The summed E-state index contributed by atoms with van der Waals surface area (Å²) in [4.78, 5) is 8.19. The molecule has 0 unspecified atom stereocenters. The van der Waals surface area contributed by atoms with Crippen LogP contribution in [0.5, 0.6) is 23.0 Å². The third-order valence-corrected chi connectivity index (χ3v) is 7.65. The maximum absolute atomic E-state index is 7.53. The summed E-state index contributed by atoms with van der Waals surface area (Å²) in [6.07, 6.45) is 0. The van der Waals surface area contributed by atoms with Gasteiger partial charge in [-0.1, -0.05) is 78.9 Å². The predicted molar refractivity (Wildman–Crippen MR) is 168 cm³/mol. The van der Waals surface area contributed by atoms with Crippen LogP contribution in [0.2, 0.25) is 0 Å². The van der Waals surface area contributed by atoms with E-state index < -0.39 is 0 Å². The summed E-state index contributed by atoms with van der Waals surface area (Å²) in [7, 11) is 0. The molecule has 0 atom stereocenters. The maximum atomic E-state index is 7.53. The highest BCUT2D eigenvalue weighted by molar-refractivity contribution is 6.01. The monoisotopic (exact) mass is 541 g/mol. The van der Waals surface area contributed by atoms with Gasteiger partial charge >= 0.3 is 0 Å². The average molecular weight is 542 g/mol. The number of hydrogen-bond donors (Lipinski definition) is 0. The minimum atomic E-state index is 0.599. The molecule has 0 bridgehead atoms. The van der Waals surface area contributed by atoms with Crippen LogP contribution in [-0.4, -0.2) is 0 Å². The van der Waals surface area contributed by atoms with Crippen LogP contribution in [0.25, 0.3) is 16.0 Å². The molecular weight excluding hydrogens is 518 g/mol. The van der Waals surface area contributed by atoms with Crippen molar-refractivity contribution in [1.82, 2.24) is 0 Å². The van der Waals surface area contributed by atoms with Crippen LogP contribution in [0, 0.1) is 6.57 Å². The van der Waals surface area contributed by atoms with E-state index in [1.54, 1.807) is 0 Å². The molecule has 2 aliphatic heterocycles. The quantitative estimate of drug-likeness (QED) is 0.208. The third kappa shape index (κ3) is 3.71. The predicted octanol–water partition coefficient (Wildman–Crippen LogP) is 11.1. The second-order valence-electron chi connectivity index (χ2n) is 10.1. The summed E-state index contributed by atoms with van der Waals surface area (Å²) in [5.74, 6) is 3.16. The van der Waals surface area contributed by atoms with Gasteiger partial charge in [-0.2, -0.15) is 0 Å². The van der Waals surface area contributed by atoms with Gasteiger partial charge in [0, 0.05) is 5.56 Å². The van der Waals surface area contributed by atoms with Gasteiger partial charge in [-0.25, -0.2) is 4.85 Å². The van der Waals surface area contributed by atoms with Crippen LogP contribution in [0.4, 0.5) is 39.8 Å². The largest absolute Gasteiger partial charge is 0.453 e. The first-order chi connectivity index (χ1) is 20.8. The third-order valence-electron chi connectivity index (χ3n) is 7.65. The summed E-state index contributed by atoms with van der Waals surface area (Å²) in [6, 6.07) is 46.7. The summed E-state index contributed by atoms with van der Waals surface area (Å²) < 4.78 is 12.7. The average Bonchev–Trinajstić information content (AvgIpc) is 3.06. The molecule has 0 saturated carbocycles. The van der Waals surface area contributed by atoms with Crippen LogP contribution in [0.15, 0.2) is 140 Å². The van der Waals surface area contributed by atoms with Crippen molar-refractivity contribution in [2.45, 2.75) is 0 Å². The van der Waals surface area contributed by atoms with Crippen molar-refractivity contribution in [3.8, 4) is 34.1 Å².